The normalized spacial score (nSPS) is 11.2. The molecule has 0 fully saturated rings. The van der Waals surface area contributed by atoms with E-state index in [9.17, 15) is 9.90 Å². The van der Waals surface area contributed by atoms with Crippen molar-refractivity contribution in [2.45, 2.75) is 26.4 Å². The molecule has 1 aromatic carbocycles. The Bertz CT molecular complexity index is 658. The zero-order chi connectivity index (χ0) is 15.6. The summed E-state index contributed by atoms with van der Waals surface area (Å²) in [6.45, 7) is 5.29. The molecule has 112 valence electrons. The van der Waals surface area contributed by atoms with Gasteiger partial charge in [0.05, 0.1) is 11.8 Å². The quantitative estimate of drug-likeness (QED) is 0.784. The molecule has 7 heteroatoms. The Morgan fingerprint density at radius 1 is 1.43 bits per heavy atom. The minimum absolute atomic E-state index is 0.0907. The van der Waals surface area contributed by atoms with E-state index in [4.69, 9.17) is 15.0 Å². The van der Waals surface area contributed by atoms with Crippen LogP contribution in [0.2, 0.25) is 0 Å². The first-order valence-electron chi connectivity index (χ1n) is 6.30. The fourth-order valence-corrected chi connectivity index (χ4v) is 1.67. The Balaban J connectivity index is 2.17. The Morgan fingerprint density at radius 2 is 2.14 bits per heavy atom. The van der Waals surface area contributed by atoms with Gasteiger partial charge in [-0.15, -0.1) is 0 Å². The van der Waals surface area contributed by atoms with Crippen LogP contribution < -0.4 is 11.1 Å². The van der Waals surface area contributed by atoms with Gasteiger partial charge in [-0.2, -0.15) is 0 Å². The van der Waals surface area contributed by atoms with Gasteiger partial charge in [-0.05, 0) is 32.9 Å². The van der Waals surface area contributed by atoms with Gasteiger partial charge >= 0.3 is 6.09 Å². The first-order chi connectivity index (χ1) is 9.76. The first kappa shape index (κ1) is 14.7. The second-order valence-corrected chi connectivity index (χ2v) is 5.47. The number of anilines is 2. The number of benzene rings is 1. The molecule has 1 heterocycles. The molecule has 0 aliphatic carbocycles. The number of nitrogen functional groups attached to an aromatic ring is 1. The average Bonchev–Trinajstić information content (AvgIpc) is 2.73. The van der Waals surface area contributed by atoms with Crippen molar-refractivity contribution >= 4 is 17.5 Å². The van der Waals surface area contributed by atoms with E-state index >= 15 is 0 Å². The van der Waals surface area contributed by atoms with Crippen LogP contribution in [-0.4, -0.2) is 22.0 Å². The third-order valence-corrected chi connectivity index (χ3v) is 2.49. The van der Waals surface area contributed by atoms with Crippen LogP contribution in [0.1, 0.15) is 20.8 Å². The third kappa shape index (κ3) is 3.65. The van der Waals surface area contributed by atoms with Crippen LogP contribution in [0.5, 0.6) is 5.75 Å². The number of aromatic nitrogens is 1. The van der Waals surface area contributed by atoms with E-state index < -0.39 is 11.7 Å². The summed E-state index contributed by atoms with van der Waals surface area (Å²) >= 11 is 0. The number of phenols is 1. The van der Waals surface area contributed by atoms with Gasteiger partial charge < -0.3 is 20.1 Å². The van der Waals surface area contributed by atoms with E-state index in [0.717, 1.165) is 0 Å². The summed E-state index contributed by atoms with van der Waals surface area (Å²) in [7, 11) is 0. The molecule has 0 bridgehead atoms. The van der Waals surface area contributed by atoms with Crippen molar-refractivity contribution in [2.75, 3.05) is 11.1 Å². The van der Waals surface area contributed by atoms with E-state index in [1.807, 2.05) is 0 Å². The van der Waals surface area contributed by atoms with Crippen LogP contribution in [0.3, 0.4) is 0 Å². The molecule has 0 saturated carbocycles. The number of nitrogens with two attached hydrogens (primary N) is 1. The molecular formula is C14H17N3O4. The van der Waals surface area contributed by atoms with Gasteiger partial charge in [0.2, 0.25) is 0 Å². The van der Waals surface area contributed by atoms with Gasteiger partial charge in [-0.1, -0.05) is 5.16 Å². The zero-order valence-corrected chi connectivity index (χ0v) is 12.0. The molecule has 1 aromatic heterocycles. The largest absolute Gasteiger partial charge is 0.507 e. The smallest absolute Gasteiger partial charge is 0.412 e. The van der Waals surface area contributed by atoms with E-state index in [2.05, 4.69) is 10.5 Å². The first-order valence-corrected chi connectivity index (χ1v) is 6.30. The molecule has 0 atom stereocenters. The lowest BCUT2D eigenvalue weighted by molar-refractivity contribution is 0.0636. The summed E-state index contributed by atoms with van der Waals surface area (Å²) in [5, 5.41) is 16.1. The molecule has 0 spiro atoms. The second-order valence-electron chi connectivity index (χ2n) is 5.47. The van der Waals surface area contributed by atoms with E-state index in [-0.39, 0.29) is 11.5 Å². The van der Waals surface area contributed by atoms with E-state index in [1.54, 1.807) is 32.9 Å². The minimum atomic E-state index is -0.603. The lowest BCUT2D eigenvalue weighted by Crippen LogP contribution is -2.27. The highest BCUT2D eigenvalue weighted by atomic mass is 16.6. The molecule has 2 rings (SSSR count). The highest BCUT2D eigenvalue weighted by molar-refractivity contribution is 5.86. The van der Waals surface area contributed by atoms with Crippen molar-refractivity contribution in [1.29, 1.82) is 0 Å². The number of nitrogens with zero attached hydrogens (tertiary/aromatic N) is 1. The number of hydrogen-bond acceptors (Lipinski definition) is 6. The van der Waals surface area contributed by atoms with Crippen molar-refractivity contribution in [3.63, 3.8) is 0 Å². The highest BCUT2D eigenvalue weighted by Crippen LogP contribution is 2.34. The maximum Gasteiger partial charge on any atom is 0.412 e. The van der Waals surface area contributed by atoms with Gasteiger partial charge in [0, 0.05) is 11.8 Å². The van der Waals surface area contributed by atoms with Crippen molar-refractivity contribution < 1.29 is 19.2 Å². The molecule has 0 saturated heterocycles. The minimum Gasteiger partial charge on any atom is -0.507 e. The van der Waals surface area contributed by atoms with Gasteiger partial charge in [0.25, 0.3) is 0 Å². The fourth-order valence-electron chi connectivity index (χ4n) is 1.67. The number of aromatic hydroxyl groups is 1. The molecule has 0 unspecified atom stereocenters. The maximum atomic E-state index is 11.6. The maximum absolute atomic E-state index is 11.6. The lowest BCUT2D eigenvalue weighted by Gasteiger charge is -2.19. The number of ether oxygens (including phenoxy) is 1. The predicted octanol–water partition coefficient (Wildman–Crippen LogP) is 2.98. The fraction of sp³-hybridized carbons (Fsp3) is 0.286. The zero-order valence-electron chi connectivity index (χ0n) is 12.0. The van der Waals surface area contributed by atoms with Crippen LogP contribution in [0, 0.1) is 0 Å². The second kappa shape index (κ2) is 5.35. The van der Waals surface area contributed by atoms with Crippen molar-refractivity contribution in [3.05, 3.63) is 24.4 Å². The van der Waals surface area contributed by atoms with Gasteiger partial charge in [-0.25, -0.2) is 4.79 Å². The van der Waals surface area contributed by atoms with Gasteiger partial charge in [0.1, 0.15) is 17.0 Å². The number of rotatable bonds is 2. The molecule has 0 aliphatic heterocycles. The molecule has 4 N–H and O–H groups in total. The number of amides is 1. The summed E-state index contributed by atoms with van der Waals surface area (Å²) in [6.07, 6.45) is 0.746. The van der Waals surface area contributed by atoms with Crippen LogP contribution in [0.15, 0.2) is 28.9 Å². The summed E-state index contributed by atoms with van der Waals surface area (Å²) in [6, 6.07) is 4.54. The van der Waals surface area contributed by atoms with Gasteiger partial charge in [-0.3, -0.25) is 5.32 Å². The monoisotopic (exact) mass is 291 g/mol. The number of carbonyl (C=O) groups is 1. The molecular weight excluding hydrogens is 274 g/mol. The van der Waals surface area contributed by atoms with E-state index in [1.165, 1.54) is 12.3 Å². The Morgan fingerprint density at radius 3 is 2.67 bits per heavy atom. The summed E-state index contributed by atoms with van der Waals surface area (Å²) < 4.78 is 10.1. The van der Waals surface area contributed by atoms with Crippen LogP contribution in [0.25, 0.3) is 11.3 Å². The number of hydrogen-bond donors (Lipinski definition) is 3. The Hall–Kier alpha value is -2.70. The lowest BCUT2D eigenvalue weighted by atomic mass is 10.1. The standard InChI is InChI=1S/C14H17N3O4/c1-14(2,3)20-13(19)17-8-4-5-9(11(18)6-8)12-10(15)7-16-21-12/h4-7,18H,15H2,1-3H3,(H,17,19). The molecule has 0 aliphatic rings. The highest BCUT2D eigenvalue weighted by Gasteiger charge is 2.17. The van der Waals surface area contributed by atoms with Crippen molar-refractivity contribution in [3.8, 4) is 17.1 Å². The summed E-state index contributed by atoms with van der Waals surface area (Å²) in [5.41, 5.74) is 6.17. The van der Waals surface area contributed by atoms with Crippen molar-refractivity contribution in [2.24, 2.45) is 0 Å². The molecule has 2 aromatic rings. The number of carbonyl (C=O) groups excluding carboxylic acids is 1. The average molecular weight is 291 g/mol. The topological polar surface area (TPSA) is 111 Å². The third-order valence-electron chi connectivity index (χ3n) is 2.49. The van der Waals surface area contributed by atoms with Gasteiger partial charge in [0.15, 0.2) is 5.76 Å². The molecule has 7 nitrogen and oxygen atoms in total. The number of nitrogens with one attached hydrogen (secondary N) is 1. The summed E-state index contributed by atoms with van der Waals surface area (Å²) in [5.74, 6) is 0.184. The number of phenolic OH excluding ortho intramolecular Hbond substituents is 1. The van der Waals surface area contributed by atoms with E-state index in [0.29, 0.717) is 16.9 Å². The van der Waals surface area contributed by atoms with Crippen LogP contribution in [-0.2, 0) is 4.74 Å². The molecule has 21 heavy (non-hydrogen) atoms. The van der Waals surface area contributed by atoms with Crippen LogP contribution in [0.4, 0.5) is 16.2 Å². The SMILES string of the molecule is CC(C)(C)OC(=O)Nc1ccc(-c2oncc2N)c(O)c1. The molecule has 0 radical (unpaired) electrons. The molecule has 1 amide bonds. The van der Waals surface area contributed by atoms with Crippen molar-refractivity contribution in [1.82, 2.24) is 5.16 Å². The predicted molar refractivity (Wildman–Crippen MR) is 77.9 cm³/mol. The Kier molecular flexibility index (Phi) is 3.75. The van der Waals surface area contributed by atoms with Crippen LogP contribution >= 0.6 is 0 Å². The summed E-state index contributed by atoms with van der Waals surface area (Å²) in [4.78, 5) is 11.6. The Labute approximate surface area is 121 Å².